The number of benzene rings is 1. The van der Waals surface area contributed by atoms with E-state index >= 15 is 0 Å². The second-order valence-corrected chi connectivity index (χ2v) is 3.38. The van der Waals surface area contributed by atoms with Crippen LogP contribution in [0.25, 0.3) is 6.08 Å². The molecule has 0 aliphatic carbocycles. The van der Waals surface area contributed by atoms with Crippen LogP contribution in [0.5, 0.6) is 0 Å². The number of hydrogen-bond donors (Lipinski definition) is 2. The van der Waals surface area contributed by atoms with E-state index in [0.29, 0.717) is 6.61 Å². The van der Waals surface area contributed by atoms with E-state index < -0.39 is 12.0 Å². The average Bonchev–Trinajstić information content (AvgIpc) is 2.38. The Labute approximate surface area is 106 Å². The van der Waals surface area contributed by atoms with E-state index in [0.717, 1.165) is 5.56 Å². The minimum atomic E-state index is -0.459. The van der Waals surface area contributed by atoms with Crippen molar-refractivity contribution in [1.82, 2.24) is 10.6 Å². The van der Waals surface area contributed by atoms with E-state index in [1.54, 1.807) is 13.0 Å². The monoisotopic (exact) mass is 248 g/mol. The zero-order valence-electron chi connectivity index (χ0n) is 10.2. The predicted octanol–water partition coefficient (Wildman–Crippen LogP) is 1.52. The van der Waals surface area contributed by atoms with Gasteiger partial charge in [0.25, 0.3) is 0 Å². The fourth-order valence-electron chi connectivity index (χ4n) is 1.19. The molecule has 2 N–H and O–H groups in total. The van der Waals surface area contributed by atoms with Gasteiger partial charge in [0.1, 0.15) is 6.54 Å². The molecule has 0 radical (unpaired) electrons. The smallest absolute Gasteiger partial charge is 0.325 e. The lowest BCUT2D eigenvalue weighted by atomic mass is 10.2. The normalized spacial score (nSPS) is 10.1. The van der Waals surface area contributed by atoms with Crippen LogP contribution >= 0.6 is 0 Å². The zero-order valence-corrected chi connectivity index (χ0v) is 10.2. The fourth-order valence-corrected chi connectivity index (χ4v) is 1.19. The van der Waals surface area contributed by atoms with Crippen molar-refractivity contribution in [3.8, 4) is 0 Å². The Balaban J connectivity index is 2.25. The summed E-state index contributed by atoms with van der Waals surface area (Å²) in [6.45, 7) is 1.87. The Hall–Kier alpha value is -2.30. The van der Waals surface area contributed by atoms with Crippen molar-refractivity contribution < 1.29 is 14.3 Å². The van der Waals surface area contributed by atoms with E-state index in [4.69, 9.17) is 0 Å². The third-order valence-electron chi connectivity index (χ3n) is 1.99. The van der Waals surface area contributed by atoms with E-state index in [9.17, 15) is 9.59 Å². The summed E-state index contributed by atoms with van der Waals surface area (Å²) in [7, 11) is 0. The third kappa shape index (κ3) is 5.69. The second-order valence-electron chi connectivity index (χ2n) is 3.38. The molecule has 1 aromatic rings. The second kappa shape index (κ2) is 7.89. The third-order valence-corrected chi connectivity index (χ3v) is 1.99. The molecule has 1 rings (SSSR count). The van der Waals surface area contributed by atoms with Gasteiger partial charge in [-0.1, -0.05) is 30.3 Å². The molecule has 1 aromatic carbocycles. The van der Waals surface area contributed by atoms with Crippen LogP contribution in [-0.2, 0) is 9.53 Å². The van der Waals surface area contributed by atoms with Gasteiger partial charge in [0.15, 0.2) is 0 Å². The highest BCUT2D eigenvalue weighted by Gasteiger charge is 2.03. The van der Waals surface area contributed by atoms with Crippen LogP contribution in [-0.4, -0.2) is 25.2 Å². The Morgan fingerprint density at radius 3 is 2.67 bits per heavy atom. The lowest BCUT2D eigenvalue weighted by molar-refractivity contribution is -0.141. The summed E-state index contributed by atoms with van der Waals surface area (Å²) >= 11 is 0. The van der Waals surface area contributed by atoms with Crippen LogP contribution in [0.2, 0.25) is 0 Å². The maximum Gasteiger partial charge on any atom is 0.325 e. The molecule has 0 heterocycles. The first kappa shape index (κ1) is 13.8. The van der Waals surface area contributed by atoms with E-state index in [1.807, 2.05) is 30.3 Å². The van der Waals surface area contributed by atoms with Gasteiger partial charge in [-0.2, -0.15) is 0 Å². The number of esters is 1. The summed E-state index contributed by atoms with van der Waals surface area (Å²) in [6.07, 6.45) is 3.26. The molecular weight excluding hydrogens is 232 g/mol. The van der Waals surface area contributed by atoms with Gasteiger partial charge in [-0.15, -0.1) is 0 Å². The number of nitrogens with one attached hydrogen (secondary N) is 2. The molecule has 2 amide bonds. The Morgan fingerprint density at radius 1 is 1.28 bits per heavy atom. The highest BCUT2D eigenvalue weighted by Crippen LogP contribution is 1.99. The van der Waals surface area contributed by atoms with Gasteiger partial charge in [-0.05, 0) is 18.6 Å². The molecule has 0 atom stereocenters. The average molecular weight is 248 g/mol. The lowest BCUT2D eigenvalue weighted by Crippen LogP contribution is -2.36. The van der Waals surface area contributed by atoms with Crippen molar-refractivity contribution in [2.24, 2.45) is 0 Å². The summed E-state index contributed by atoms with van der Waals surface area (Å²) in [4.78, 5) is 22.2. The molecule has 0 saturated carbocycles. The van der Waals surface area contributed by atoms with Crippen LogP contribution < -0.4 is 10.6 Å². The van der Waals surface area contributed by atoms with Gasteiger partial charge in [0.05, 0.1) is 6.61 Å². The molecule has 0 saturated heterocycles. The van der Waals surface area contributed by atoms with Gasteiger partial charge < -0.3 is 15.4 Å². The maximum absolute atomic E-state index is 11.3. The highest BCUT2D eigenvalue weighted by atomic mass is 16.5. The van der Waals surface area contributed by atoms with Crippen LogP contribution in [0.4, 0.5) is 4.79 Å². The Kier molecular flexibility index (Phi) is 6.03. The van der Waals surface area contributed by atoms with Crippen molar-refractivity contribution in [1.29, 1.82) is 0 Å². The first-order chi connectivity index (χ1) is 8.72. The standard InChI is InChI=1S/C13H16N2O3/c1-2-18-12(16)10-15-13(17)14-9-8-11-6-4-3-5-7-11/h3-9H,2,10H2,1H3,(H2,14,15,17)/b9-8+. The van der Waals surface area contributed by atoms with Crippen molar-refractivity contribution in [2.45, 2.75) is 6.92 Å². The number of carbonyl (C=O) groups is 2. The lowest BCUT2D eigenvalue weighted by Gasteiger charge is -2.03. The van der Waals surface area contributed by atoms with Crippen molar-refractivity contribution >= 4 is 18.1 Å². The minimum absolute atomic E-state index is 0.140. The van der Waals surface area contributed by atoms with Gasteiger partial charge >= 0.3 is 12.0 Å². The van der Waals surface area contributed by atoms with Crippen molar-refractivity contribution in [3.05, 3.63) is 42.1 Å². The van der Waals surface area contributed by atoms with Crippen molar-refractivity contribution in [3.63, 3.8) is 0 Å². The molecule has 96 valence electrons. The number of ether oxygens (including phenoxy) is 1. The van der Waals surface area contributed by atoms with Gasteiger partial charge in [0, 0.05) is 6.20 Å². The molecule has 0 spiro atoms. The molecule has 0 unspecified atom stereocenters. The zero-order chi connectivity index (χ0) is 13.2. The largest absolute Gasteiger partial charge is 0.465 e. The summed E-state index contributed by atoms with van der Waals surface area (Å²) in [5.74, 6) is -0.459. The Bertz CT molecular complexity index is 416. The molecule has 0 bridgehead atoms. The molecule has 0 aromatic heterocycles. The Morgan fingerprint density at radius 2 is 2.00 bits per heavy atom. The predicted molar refractivity (Wildman–Crippen MR) is 68.6 cm³/mol. The summed E-state index contributed by atoms with van der Waals surface area (Å²) in [5, 5.41) is 4.87. The fraction of sp³-hybridized carbons (Fsp3) is 0.231. The van der Waals surface area contributed by atoms with E-state index in [-0.39, 0.29) is 6.54 Å². The van der Waals surface area contributed by atoms with Gasteiger partial charge in [-0.25, -0.2) is 4.79 Å². The summed E-state index contributed by atoms with van der Waals surface area (Å²) in [6, 6.07) is 9.09. The molecule has 0 aliphatic rings. The topological polar surface area (TPSA) is 67.4 Å². The van der Waals surface area contributed by atoms with Crippen LogP contribution in [0.15, 0.2) is 36.5 Å². The summed E-state index contributed by atoms with van der Waals surface area (Å²) < 4.78 is 4.67. The van der Waals surface area contributed by atoms with E-state index in [2.05, 4.69) is 15.4 Å². The number of hydrogen-bond acceptors (Lipinski definition) is 3. The molecule has 5 heteroatoms. The van der Waals surface area contributed by atoms with Crippen LogP contribution in [0.1, 0.15) is 12.5 Å². The van der Waals surface area contributed by atoms with E-state index in [1.165, 1.54) is 6.20 Å². The number of carbonyl (C=O) groups excluding carboxylic acids is 2. The first-order valence-corrected chi connectivity index (χ1v) is 5.64. The molecule has 0 fully saturated rings. The number of rotatable bonds is 5. The summed E-state index contributed by atoms with van der Waals surface area (Å²) in [5.41, 5.74) is 0.975. The van der Waals surface area contributed by atoms with Crippen LogP contribution in [0, 0.1) is 0 Å². The number of amides is 2. The SMILES string of the molecule is CCOC(=O)CNC(=O)N/C=C/c1ccccc1. The maximum atomic E-state index is 11.3. The number of urea groups is 1. The molecule has 18 heavy (non-hydrogen) atoms. The quantitative estimate of drug-likeness (QED) is 0.776. The molecule has 0 aliphatic heterocycles. The van der Waals surface area contributed by atoms with Gasteiger partial charge in [-0.3, -0.25) is 4.79 Å². The van der Waals surface area contributed by atoms with Gasteiger partial charge in [0.2, 0.25) is 0 Å². The molecule has 5 nitrogen and oxygen atoms in total. The van der Waals surface area contributed by atoms with Crippen LogP contribution in [0.3, 0.4) is 0 Å². The molecular formula is C13H16N2O3. The first-order valence-electron chi connectivity index (χ1n) is 5.64. The minimum Gasteiger partial charge on any atom is -0.465 e. The van der Waals surface area contributed by atoms with Crippen molar-refractivity contribution in [2.75, 3.05) is 13.2 Å². The highest BCUT2D eigenvalue weighted by molar-refractivity contribution is 5.81.